The van der Waals surface area contributed by atoms with Crippen LogP contribution >= 0.6 is 18.7 Å². The van der Waals surface area contributed by atoms with E-state index in [-0.39, 0.29) is 4.90 Å². The summed E-state index contributed by atoms with van der Waals surface area (Å²) < 4.78 is 31.7. The Labute approximate surface area is 182 Å². The summed E-state index contributed by atoms with van der Waals surface area (Å²) in [5, 5.41) is 3.10. The molecule has 0 radical (unpaired) electrons. The maximum absolute atomic E-state index is 13.5. The van der Waals surface area contributed by atoms with Gasteiger partial charge in [-0.2, -0.15) is 12.6 Å². The zero-order chi connectivity index (χ0) is 21.0. The SMILES string of the molecule is O=S(=O)(N=P(c1ccccc1)(c1ccccc1)c1ccccc1)c1ccc(Cl)cc1. The van der Waals surface area contributed by atoms with E-state index in [1.54, 1.807) is 12.1 Å². The second-order valence-electron chi connectivity index (χ2n) is 6.65. The highest BCUT2D eigenvalue weighted by Crippen LogP contribution is 2.48. The first-order chi connectivity index (χ1) is 14.5. The van der Waals surface area contributed by atoms with Gasteiger partial charge in [-0.1, -0.05) is 103 Å². The van der Waals surface area contributed by atoms with Crippen LogP contribution in [0.1, 0.15) is 0 Å². The van der Waals surface area contributed by atoms with Crippen LogP contribution in [-0.2, 0) is 10.0 Å². The molecular formula is C24H19ClNO2PS. The quantitative estimate of drug-likeness (QED) is 0.391. The maximum Gasteiger partial charge on any atom is 0.281 e. The van der Waals surface area contributed by atoms with Gasteiger partial charge < -0.3 is 0 Å². The lowest BCUT2D eigenvalue weighted by atomic mass is 10.4. The van der Waals surface area contributed by atoms with Crippen molar-refractivity contribution < 1.29 is 8.42 Å². The zero-order valence-electron chi connectivity index (χ0n) is 16.0. The lowest BCUT2D eigenvalue weighted by Crippen LogP contribution is -2.26. The molecule has 0 unspecified atom stereocenters. The fourth-order valence-corrected chi connectivity index (χ4v) is 9.44. The molecule has 4 rings (SSSR count). The third-order valence-electron chi connectivity index (χ3n) is 4.73. The van der Waals surface area contributed by atoms with Crippen molar-refractivity contribution in [3.8, 4) is 0 Å². The van der Waals surface area contributed by atoms with Crippen LogP contribution in [0, 0.1) is 0 Å². The smallest absolute Gasteiger partial charge is 0.199 e. The predicted octanol–water partition coefficient (Wildman–Crippen LogP) is 5.21. The van der Waals surface area contributed by atoms with Crippen LogP contribution in [-0.4, -0.2) is 8.42 Å². The lowest BCUT2D eigenvalue weighted by molar-refractivity contribution is 0.598. The van der Waals surface area contributed by atoms with E-state index in [9.17, 15) is 8.42 Å². The Balaban J connectivity index is 2.13. The highest BCUT2D eigenvalue weighted by molar-refractivity contribution is 7.99. The average Bonchev–Trinajstić information content (AvgIpc) is 2.79. The molecule has 0 aliphatic rings. The van der Waals surface area contributed by atoms with Crippen LogP contribution < -0.4 is 15.9 Å². The number of hydrogen-bond acceptors (Lipinski definition) is 2. The topological polar surface area (TPSA) is 46.5 Å². The van der Waals surface area contributed by atoms with Gasteiger partial charge in [0.25, 0.3) is 10.0 Å². The summed E-state index contributed by atoms with van der Waals surface area (Å²) in [5.74, 6) is 0. The number of hydrogen-bond donors (Lipinski definition) is 0. The molecule has 0 atom stereocenters. The Hall–Kier alpha value is -2.65. The summed E-state index contributed by atoms with van der Waals surface area (Å²) in [4.78, 5) is 0.124. The monoisotopic (exact) mass is 451 g/mol. The molecule has 0 aliphatic carbocycles. The number of rotatable bonds is 5. The summed E-state index contributed by atoms with van der Waals surface area (Å²) >= 11 is 5.96. The van der Waals surface area contributed by atoms with E-state index in [0.717, 1.165) is 15.9 Å². The van der Waals surface area contributed by atoms with Crippen LogP contribution in [0.25, 0.3) is 0 Å². The van der Waals surface area contributed by atoms with Gasteiger partial charge in [0.05, 0.1) is 11.9 Å². The van der Waals surface area contributed by atoms with Gasteiger partial charge in [0.1, 0.15) is 0 Å². The molecule has 6 heteroatoms. The van der Waals surface area contributed by atoms with E-state index in [2.05, 4.69) is 0 Å². The highest BCUT2D eigenvalue weighted by atomic mass is 35.5. The van der Waals surface area contributed by atoms with Gasteiger partial charge in [-0.3, -0.25) is 0 Å². The van der Waals surface area contributed by atoms with E-state index in [1.165, 1.54) is 12.1 Å². The Morgan fingerprint density at radius 2 is 0.933 bits per heavy atom. The minimum atomic E-state index is -3.96. The Morgan fingerprint density at radius 3 is 1.30 bits per heavy atom. The Morgan fingerprint density at radius 1 is 0.567 bits per heavy atom. The molecule has 150 valence electrons. The van der Waals surface area contributed by atoms with Gasteiger partial charge in [0.15, 0.2) is 0 Å². The molecule has 4 aromatic carbocycles. The summed E-state index contributed by atoms with van der Waals surface area (Å²) in [6.07, 6.45) is 0. The molecule has 0 saturated heterocycles. The van der Waals surface area contributed by atoms with Crippen LogP contribution in [0.3, 0.4) is 0 Å². The van der Waals surface area contributed by atoms with Gasteiger partial charge in [-0.25, -0.2) is 0 Å². The third kappa shape index (κ3) is 3.99. The van der Waals surface area contributed by atoms with Crippen molar-refractivity contribution in [3.05, 3.63) is 120 Å². The normalized spacial score (nSPS) is 11.8. The van der Waals surface area contributed by atoms with Gasteiger partial charge in [0, 0.05) is 20.9 Å². The lowest BCUT2D eigenvalue weighted by Gasteiger charge is -2.26. The first-order valence-corrected chi connectivity index (χ1v) is 12.9. The van der Waals surface area contributed by atoms with Crippen molar-refractivity contribution in [2.24, 2.45) is 4.15 Å². The summed E-state index contributed by atoms with van der Waals surface area (Å²) in [6, 6.07) is 35.1. The van der Waals surface area contributed by atoms with E-state index in [4.69, 9.17) is 15.8 Å². The Kier molecular flexibility index (Phi) is 5.92. The van der Waals surface area contributed by atoms with Crippen LogP contribution in [0.2, 0.25) is 5.02 Å². The van der Waals surface area contributed by atoms with Crippen LogP contribution in [0.4, 0.5) is 0 Å². The maximum atomic E-state index is 13.5. The van der Waals surface area contributed by atoms with Crippen molar-refractivity contribution in [2.75, 3.05) is 0 Å². The van der Waals surface area contributed by atoms with Gasteiger partial charge in [0.2, 0.25) is 0 Å². The fraction of sp³-hybridized carbons (Fsp3) is 0. The standard InChI is InChI=1S/C24H19ClNO2PS/c25-20-16-18-24(19-17-20)30(27,28)26-29(21-10-4-1-5-11-21,22-12-6-2-7-13-22)23-14-8-3-9-15-23/h1-19H. The predicted molar refractivity (Wildman–Crippen MR) is 126 cm³/mol. The van der Waals surface area contributed by atoms with E-state index < -0.39 is 17.1 Å². The summed E-state index contributed by atoms with van der Waals surface area (Å²) in [6.45, 7) is 0. The van der Waals surface area contributed by atoms with Crippen molar-refractivity contribution in [1.29, 1.82) is 0 Å². The minimum Gasteiger partial charge on any atom is -0.199 e. The summed E-state index contributed by atoms with van der Waals surface area (Å²) in [5.41, 5.74) is 0. The zero-order valence-corrected chi connectivity index (χ0v) is 18.4. The number of benzene rings is 4. The van der Waals surface area contributed by atoms with Crippen molar-refractivity contribution in [2.45, 2.75) is 4.90 Å². The molecule has 3 nitrogen and oxygen atoms in total. The minimum absolute atomic E-state index is 0.124. The van der Waals surface area contributed by atoms with E-state index in [0.29, 0.717) is 5.02 Å². The molecule has 0 spiro atoms. The molecular weight excluding hydrogens is 433 g/mol. The first-order valence-electron chi connectivity index (χ1n) is 9.33. The van der Waals surface area contributed by atoms with Crippen molar-refractivity contribution in [3.63, 3.8) is 0 Å². The molecule has 0 fully saturated rings. The fourth-order valence-electron chi connectivity index (χ4n) is 3.33. The van der Waals surface area contributed by atoms with Gasteiger partial charge >= 0.3 is 0 Å². The third-order valence-corrected chi connectivity index (χ3v) is 10.8. The number of sulfonamides is 1. The van der Waals surface area contributed by atoms with Gasteiger partial charge in [-0.15, -0.1) is 0 Å². The first kappa shape index (κ1) is 20.6. The van der Waals surface area contributed by atoms with Crippen LogP contribution in [0.15, 0.2) is 124 Å². The second kappa shape index (κ2) is 8.61. The molecule has 30 heavy (non-hydrogen) atoms. The largest absolute Gasteiger partial charge is 0.281 e. The highest BCUT2D eigenvalue weighted by Gasteiger charge is 2.31. The van der Waals surface area contributed by atoms with Gasteiger partial charge in [-0.05, 0) is 24.3 Å². The Bertz CT molecular complexity index is 1190. The molecule has 0 heterocycles. The number of nitrogens with zero attached hydrogens (tertiary/aromatic N) is 1. The summed E-state index contributed by atoms with van der Waals surface area (Å²) in [7, 11) is -6.81. The van der Waals surface area contributed by atoms with Crippen molar-refractivity contribution in [1.82, 2.24) is 0 Å². The number of halogens is 1. The molecule has 4 aromatic rings. The molecule has 0 amide bonds. The molecule has 0 aliphatic heterocycles. The van der Waals surface area contributed by atoms with Crippen LogP contribution in [0.5, 0.6) is 0 Å². The van der Waals surface area contributed by atoms with E-state index >= 15 is 0 Å². The molecule has 0 bridgehead atoms. The molecule has 0 saturated carbocycles. The molecule has 0 N–H and O–H groups in total. The molecule has 0 aromatic heterocycles. The second-order valence-corrected chi connectivity index (χ2v) is 12.0. The van der Waals surface area contributed by atoms with Crippen molar-refractivity contribution >= 4 is 44.6 Å². The van der Waals surface area contributed by atoms with E-state index in [1.807, 2.05) is 91.0 Å². The average molecular weight is 452 g/mol.